The Morgan fingerprint density at radius 2 is 2.27 bits per heavy atom. The molecule has 1 rings (SSSR count). The lowest BCUT2D eigenvalue weighted by molar-refractivity contribution is 1.60. The first-order chi connectivity index (χ1) is 5.24. The van der Waals surface area contributed by atoms with Crippen LogP contribution in [0.1, 0.15) is 11.8 Å². The summed E-state index contributed by atoms with van der Waals surface area (Å²) in [5.74, 6) is 0. The van der Waals surface area contributed by atoms with Crippen LogP contribution in [0.4, 0.5) is 0 Å². The quantitative estimate of drug-likeness (QED) is 0.594. The van der Waals surface area contributed by atoms with Crippen molar-refractivity contribution in [1.29, 1.82) is 0 Å². The van der Waals surface area contributed by atoms with Crippen LogP contribution in [-0.2, 0) is 0 Å². The molecular weight excluding hydrogens is 152 g/mol. The van der Waals surface area contributed by atoms with Crippen LogP contribution in [0.2, 0.25) is 0 Å². The van der Waals surface area contributed by atoms with E-state index in [0.717, 1.165) is 5.22 Å². The zero-order valence-electron chi connectivity index (χ0n) is 6.92. The first-order valence-electron chi connectivity index (χ1n) is 3.62. The second-order valence-corrected chi connectivity index (χ2v) is 3.73. The molecule has 0 aliphatic carbocycles. The topological polar surface area (TPSA) is 0 Å². The van der Waals surface area contributed by atoms with Gasteiger partial charge in [-0.2, -0.15) is 0 Å². The third kappa shape index (κ3) is 2.05. The van der Waals surface area contributed by atoms with E-state index in [1.54, 1.807) is 11.3 Å². The molecule has 0 atom stereocenters. The molecule has 0 spiro atoms. The minimum absolute atomic E-state index is 1.13. The smallest absolute Gasteiger partial charge is 0.0339 e. The average molecular weight is 164 g/mol. The highest BCUT2D eigenvalue weighted by molar-refractivity contribution is 7.09. The van der Waals surface area contributed by atoms with Gasteiger partial charge in [0.15, 0.2) is 0 Å². The Hall–Kier alpha value is -0.820. The highest BCUT2D eigenvalue weighted by atomic mass is 32.1. The molecule has 0 radical (unpaired) electrons. The van der Waals surface area contributed by atoms with Crippen molar-refractivity contribution in [2.24, 2.45) is 0 Å². The Bertz CT molecular complexity index is 355. The first kappa shape index (κ1) is 8.28. The number of hydrogen-bond acceptors (Lipinski definition) is 1. The minimum atomic E-state index is 1.13. The largest absolute Gasteiger partial charge is 0.141 e. The van der Waals surface area contributed by atoms with Gasteiger partial charge in [0.25, 0.3) is 0 Å². The Morgan fingerprint density at radius 3 is 2.73 bits per heavy atom. The van der Waals surface area contributed by atoms with Crippen molar-refractivity contribution in [3.63, 3.8) is 0 Å². The van der Waals surface area contributed by atoms with Gasteiger partial charge in [-0.25, -0.2) is 0 Å². The maximum absolute atomic E-state index is 3.94. The predicted molar refractivity (Wildman–Crippen MR) is 53.1 cm³/mol. The van der Waals surface area contributed by atoms with E-state index in [9.17, 15) is 0 Å². The zero-order chi connectivity index (χ0) is 8.27. The minimum Gasteiger partial charge on any atom is -0.141 e. The Labute approximate surface area is 71.2 Å². The molecule has 0 aromatic carbocycles. The third-order valence-electron chi connectivity index (χ3n) is 1.40. The van der Waals surface area contributed by atoms with Gasteiger partial charge in [0.2, 0.25) is 0 Å². The van der Waals surface area contributed by atoms with E-state index in [1.807, 2.05) is 19.1 Å². The number of thiophene rings is 1. The summed E-state index contributed by atoms with van der Waals surface area (Å²) < 4.78 is 1.26. The van der Waals surface area contributed by atoms with Crippen LogP contribution in [0.15, 0.2) is 18.2 Å². The van der Waals surface area contributed by atoms with Gasteiger partial charge in [-0.3, -0.25) is 0 Å². The first-order valence-corrected chi connectivity index (χ1v) is 4.44. The van der Waals surface area contributed by atoms with Crippen LogP contribution in [0.3, 0.4) is 0 Å². The highest BCUT2D eigenvalue weighted by Gasteiger charge is 1.86. The van der Waals surface area contributed by atoms with Crippen molar-refractivity contribution in [2.75, 3.05) is 0 Å². The molecule has 0 amide bonds. The molecule has 11 heavy (non-hydrogen) atoms. The summed E-state index contributed by atoms with van der Waals surface area (Å²) in [6, 6.07) is 2.11. The van der Waals surface area contributed by atoms with E-state index in [0.29, 0.717) is 0 Å². The second kappa shape index (κ2) is 3.54. The van der Waals surface area contributed by atoms with Gasteiger partial charge in [-0.1, -0.05) is 18.7 Å². The zero-order valence-corrected chi connectivity index (χ0v) is 7.74. The van der Waals surface area contributed by atoms with Crippen molar-refractivity contribution in [3.8, 4) is 0 Å². The second-order valence-electron chi connectivity index (χ2n) is 2.44. The van der Waals surface area contributed by atoms with Crippen LogP contribution >= 0.6 is 11.3 Å². The summed E-state index contributed by atoms with van der Waals surface area (Å²) >= 11 is 1.78. The molecule has 0 aliphatic heterocycles. The normalized spacial score (nSPS) is 13.1. The van der Waals surface area contributed by atoms with Gasteiger partial charge in [0.05, 0.1) is 0 Å². The van der Waals surface area contributed by atoms with Crippen LogP contribution in [0.5, 0.6) is 0 Å². The molecule has 1 aromatic rings. The highest BCUT2D eigenvalue weighted by Crippen LogP contribution is 1.94. The van der Waals surface area contributed by atoms with Crippen LogP contribution in [-0.4, -0.2) is 0 Å². The van der Waals surface area contributed by atoms with E-state index in [4.69, 9.17) is 0 Å². The molecule has 0 unspecified atom stereocenters. The van der Waals surface area contributed by atoms with E-state index in [-0.39, 0.29) is 0 Å². The lowest BCUT2D eigenvalue weighted by atomic mass is 10.4. The van der Waals surface area contributed by atoms with Crippen molar-refractivity contribution in [3.05, 3.63) is 32.8 Å². The number of rotatable bonds is 1. The lowest BCUT2D eigenvalue weighted by Crippen LogP contribution is -2.14. The molecule has 0 bridgehead atoms. The summed E-state index contributed by atoms with van der Waals surface area (Å²) in [4.78, 5) is 1.32. The molecule has 0 fully saturated rings. The summed E-state index contributed by atoms with van der Waals surface area (Å²) in [5, 5.41) is 1.13. The number of hydrogen-bond donors (Lipinski definition) is 0. The maximum Gasteiger partial charge on any atom is 0.0339 e. The fourth-order valence-corrected chi connectivity index (χ4v) is 1.79. The van der Waals surface area contributed by atoms with Crippen LogP contribution < -0.4 is 9.75 Å². The van der Waals surface area contributed by atoms with E-state index in [2.05, 4.69) is 25.6 Å². The molecule has 58 valence electrons. The van der Waals surface area contributed by atoms with Crippen LogP contribution in [0.25, 0.3) is 12.7 Å². The summed E-state index contributed by atoms with van der Waals surface area (Å²) in [5.41, 5.74) is 0. The van der Waals surface area contributed by atoms with Gasteiger partial charge >= 0.3 is 0 Å². The monoisotopic (exact) mass is 164 g/mol. The average Bonchev–Trinajstić information content (AvgIpc) is 2.26. The molecule has 1 aromatic heterocycles. The van der Waals surface area contributed by atoms with Crippen molar-refractivity contribution in [2.45, 2.75) is 13.8 Å². The molecule has 1 heterocycles. The summed E-state index contributed by atoms with van der Waals surface area (Å²) in [6.45, 7) is 8.06. The molecule has 1 heteroatoms. The Balaban J connectivity index is 3.23. The molecule has 0 saturated heterocycles. The van der Waals surface area contributed by atoms with Crippen molar-refractivity contribution in [1.82, 2.24) is 0 Å². The standard InChI is InChI=1S/C10H12S/c1-4-5-6-10-8(2)7-9(3)11-10/h4-7H,2H2,1,3H3/b5-4-,10-6+. The van der Waals surface area contributed by atoms with E-state index in [1.165, 1.54) is 9.41 Å². The Morgan fingerprint density at radius 1 is 1.55 bits per heavy atom. The molecule has 0 N–H and O–H groups in total. The summed E-state index contributed by atoms with van der Waals surface area (Å²) in [7, 11) is 0. The maximum atomic E-state index is 3.94. The van der Waals surface area contributed by atoms with Gasteiger partial charge in [-0.15, -0.1) is 11.3 Å². The van der Waals surface area contributed by atoms with Crippen molar-refractivity contribution >= 4 is 24.0 Å². The molecule has 0 nitrogen and oxygen atoms in total. The fraction of sp³-hybridized carbons (Fsp3) is 0.200. The van der Waals surface area contributed by atoms with Gasteiger partial charge in [0.1, 0.15) is 0 Å². The van der Waals surface area contributed by atoms with E-state index < -0.39 is 0 Å². The number of aryl methyl sites for hydroxylation is 1. The number of allylic oxidation sites excluding steroid dienone is 2. The van der Waals surface area contributed by atoms with Gasteiger partial charge in [0, 0.05) is 9.41 Å². The van der Waals surface area contributed by atoms with Crippen LogP contribution in [0, 0.1) is 6.92 Å². The van der Waals surface area contributed by atoms with Crippen molar-refractivity contribution < 1.29 is 0 Å². The van der Waals surface area contributed by atoms with E-state index >= 15 is 0 Å². The molecule has 0 aliphatic rings. The lowest BCUT2D eigenvalue weighted by Gasteiger charge is -1.72. The molecule has 0 saturated carbocycles. The Kier molecular flexibility index (Phi) is 2.66. The van der Waals surface area contributed by atoms with Gasteiger partial charge in [-0.05, 0) is 31.2 Å². The van der Waals surface area contributed by atoms with Gasteiger partial charge < -0.3 is 0 Å². The SMILES string of the molecule is C=c1cc(C)s/c1=C/C=C\C. The third-order valence-corrected chi connectivity index (χ3v) is 2.46. The predicted octanol–water partition coefficient (Wildman–Crippen LogP) is 1.82. The summed E-state index contributed by atoms with van der Waals surface area (Å²) in [6.07, 6.45) is 6.16. The fourth-order valence-electron chi connectivity index (χ4n) is 0.910. The molecular formula is C10H12S.